The van der Waals surface area contributed by atoms with Crippen LogP contribution in [0.3, 0.4) is 0 Å². The van der Waals surface area contributed by atoms with E-state index in [-0.39, 0.29) is 5.91 Å². The largest absolute Gasteiger partial charge is 0.399 e. The van der Waals surface area contributed by atoms with E-state index < -0.39 is 0 Å². The van der Waals surface area contributed by atoms with Crippen molar-refractivity contribution in [3.63, 3.8) is 0 Å². The van der Waals surface area contributed by atoms with Crippen LogP contribution < -0.4 is 10.6 Å². The van der Waals surface area contributed by atoms with Crippen LogP contribution in [-0.2, 0) is 17.8 Å². The highest BCUT2D eigenvalue weighted by molar-refractivity contribution is 5.94. The highest BCUT2D eigenvalue weighted by atomic mass is 16.2. The Hall–Kier alpha value is -2.36. The molecule has 0 fully saturated rings. The Morgan fingerprint density at radius 3 is 2.90 bits per heavy atom. The summed E-state index contributed by atoms with van der Waals surface area (Å²) in [4.78, 5) is 18.5. The Morgan fingerprint density at radius 2 is 2.05 bits per heavy atom. The van der Waals surface area contributed by atoms with Crippen LogP contribution in [0, 0.1) is 0 Å². The summed E-state index contributed by atoms with van der Waals surface area (Å²) in [6.07, 6.45) is 4.11. The molecule has 0 atom stereocenters. The minimum Gasteiger partial charge on any atom is -0.399 e. The summed E-state index contributed by atoms with van der Waals surface area (Å²) in [5, 5.41) is 0. The number of amides is 1. The number of hydrogen-bond donors (Lipinski definition) is 1. The number of nitrogens with zero attached hydrogens (tertiary/aromatic N) is 2. The average Bonchev–Trinajstić information content (AvgIpc) is 2.59. The average molecular weight is 267 g/mol. The quantitative estimate of drug-likeness (QED) is 0.909. The summed E-state index contributed by atoms with van der Waals surface area (Å²) in [5.74, 6) is 0.152. The van der Waals surface area contributed by atoms with Gasteiger partial charge in [-0.25, -0.2) is 0 Å². The number of aryl methyl sites for hydroxylation is 1. The smallest absolute Gasteiger partial charge is 0.227 e. The van der Waals surface area contributed by atoms with Crippen molar-refractivity contribution in [3.05, 3.63) is 53.9 Å². The highest BCUT2D eigenvalue weighted by Crippen LogP contribution is 2.28. The van der Waals surface area contributed by atoms with Crippen molar-refractivity contribution in [2.24, 2.45) is 0 Å². The first-order valence-corrected chi connectivity index (χ1v) is 6.83. The maximum Gasteiger partial charge on any atom is 0.227 e. The van der Waals surface area contributed by atoms with Gasteiger partial charge in [0.1, 0.15) is 0 Å². The predicted octanol–water partition coefficient (Wildman–Crippen LogP) is 2.53. The van der Waals surface area contributed by atoms with Crippen LogP contribution in [0.2, 0.25) is 0 Å². The fraction of sp³-hybridized carbons (Fsp3) is 0.250. The zero-order chi connectivity index (χ0) is 13.9. The van der Waals surface area contributed by atoms with Crippen molar-refractivity contribution in [2.45, 2.75) is 25.8 Å². The van der Waals surface area contributed by atoms with Crippen molar-refractivity contribution >= 4 is 17.3 Å². The second-order valence-electron chi connectivity index (χ2n) is 5.04. The number of rotatable bonds is 2. The van der Waals surface area contributed by atoms with Gasteiger partial charge in [0.05, 0.1) is 12.2 Å². The molecule has 2 heterocycles. The predicted molar refractivity (Wildman–Crippen MR) is 79.2 cm³/mol. The third-order valence-corrected chi connectivity index (χ3v) is 3.58. The minimum atomic E-state index is 0.152. The van der Waals surface area contributed by atoms with Gasteiger partial charge in [-0.15, -0.1) is 0 Å². The van der Waals surface area contributed by atoms with Gasteiger partial charge in [-0.05, 0) is 36.6 Å². The van der Waals surface area contributed by atoms with Gasteiger partial charge < -0.3 is 10.6 Å². The van der Waals surface area contributed by atoms with Crippen molar-refractivity contribution in [1.82, 2.24) is 4.98 Å². The Balaban J connectivity index is 1.96. The molecule has 102 valence electrons. The van der Waals surface area contributed by atoms with Gasteiger partial charge in [-0.3, -0.25) is 9.78 Å². The summed E-state index contributed by atoms with van der Waals surface area (Å²) >= 11 is 0. The van der Waals surface area contributed by atoms with Crippen molar-refractivity contribution < 1.29 is 4.79 Å². The summed E-state index contributed by atoms with van der Waals surface area (Å²) in [6.45, 7) is 0.473. The summed E-state index contributed by atoms with van der Waals surface area (Å²) in [5.41, 5.74) is 9.49. The lowest BCUT2D eigenvalue weighted by atomic mass is 10.1. The Kier molecular flexibility index (Phi) is 3.37. The van der Waals surface area contributed by atoms with Crippen molar-refractivity contribution in [2.75, 3.05) is 10.6 Å². The topological polar surface area (TPSA) is 59.2 Å². The molecule has 0 unspecified atom stereocenters. The molecule has 20 heavy (non-hydrogen) atoms. The fourth-order valence-corrected chi connectivity index (χ4v) is 2.60. The van der Waals surface area contributed by atoms with E-state index in [4.69, 9.17) is 5.73 Å². The molecule has 1 aromatic heterocycles. The lowest BCUT2D eigenvalue weighted by Crippen LogP contribution is -2.30. The van der Waals surface area contributed by atoms with Gasteiger partial charge >= 0.3 is 0 Å². The number of fused-ring (bicyclic) bond motifs is 1. The van der Waals surface area contributed by atoms with Crippen LogP contribution in [0.15, 0.2) is 42.6 Å². The number of para-hydroxylation sites is 1. The van der Waals surface area contributed by atoms with E-state index in [1.165, 1.54) is 5.56 Å². The Morgan fingerprint density at radius 1 is 1.20 bits per heavy atom. The van der Waals surface area contributed by atoms with Crippen LogP contribution in [-0.4, -0.2) is 10.9 Å². The molecule has 0 saturated heterocycles. The van der Waals surface area contributed by atoms with E-state index in [9.17, 15) is 4.79 Å². The van der Waals surface area contributed by atoms with Gasteiger partial charge in [0.15, 0.2) is 0 Å². The number of carbonyl (C=O) groups excluding carboxylic acids is 1. The Bertz CT molecular complexity index is 639. The molecule has 2 N–H and O–H groups in total. The molecule has 2 aromatic rings. The maximum absolute atomic E-state index is 12.3. The first-order valence-electron chi connectivity index (χ1n) is 6.83. The SMILES string of the molecule is Nc1ccnc(CN2C(=O)CCCc3ccccc32)c1. The maximum atomic E-state index is 12.3. The molecule has 3 rings (SSSR count). The van der Waals surface area contributed by atoms with Gasteiger partial charge in [0.25, 0.3) is 0 Å². The zero-order valence-electron chi connectivity index (χ0n) is 11.2. The number of anilines is 2. The molecule has 0 radical (unpaired) electrons. The van der Waals surface area contributed by atoms with Crippen LogP contribution in [0.1, 0.15) is 24.1 Å². The molecule has 0 saturated carbocycles. The number of aromatic nitrogens is 1. The number of nitrogens with two attached hydrogens (primary N) is 1. The van der Waals surface area contributed by atoms with Gasteiger partial charge in [0, 0.05) is 24.0 Å². The minimum absolute atomic E-state index is 0.152. The number of benzene rings is 1. The van der Waals surface area contributed by atoms with Gasteiger partial charge in [0.2, 0.25) is 5.91 Å². The summed E-state index contributed by atoms with van der Waals surface area (Å²) in [7, 11) is 0. The second-order valence-corrected chi connectivity index (χ2v) is 5.04. The lowest BCUT2D eigenvalue weighted by molar-refractivity contribution is -0.118. The number of pyridine rings is 1. The molecule has 1 aliphatic rings. The third-order valence-electron chi connectivity index (χ3n) is 3.58. The number of hydrogen-bond acceptors (Lipinski definition) is 3. The van der Waals surface area contributed by atoms with E-state index in [1.807, 2.05) is 29.2 Å². The molecule has 4 heteroatoms. The molecule has 0 bridgehead atoms. The van der Waals surface area contributed by atoms with Gasteiger partial charge in [-0.2, -0.15) is 0 Å². The summed E-state index contributed by atoms with van der Waals surface area (Å²) < 4.78 is 0. The molecular formula is C16H17N3O. The van der Waals surface area contributed by atoms with E-state index >= 15 is 0 Å². The standard InChI is InChI=1S/C16H17N3O/c17-13-8-9-18-14(10-13)11-19-15-6-2-1-4-12(15)5-3-7-16(19)20/h1-2,4,6,8-10H,3,5,7,11H2,(H2,17,18). The third kappa shape index (κ3) is 2.50. The van der Waals surface area contributed by atoms with E-state index in [2.05, 4.69) is 11.1 Å². The first-order chi connectivity index (χ1) is 9.74. The molecule has 1 aromatic carbocycles. The molecule has 1 amide bonds. The fourth-order valence-electron chi connectivity index (χ4n) is 2.60. The molecule has 0 aliphatic carbocycles. The highest BCUT2D eigenvalue weighted by Gasteiger charge is 2.22. The van der Waals surface area contributed by atoms with Crippen molar-refractivity contribution in [1.29, 1.82) is 0 Å². The van der Waals surface area contributed by atoms with Crippen LogP contribution in [0.5, 0.6) is 0 Å². The van der Waals surface area contributed by atoms with Crippen LogP contribution in [0.4, 0.5) is 11.4 Å². The first kappa shape index (κ1) is 12.7. The number of nitrogen functional groups attached to an aromatic ring is 1. The molecule has 0 spiro atoms. The van der Waals surface area contributed by atoms with Crippen molar-refractivity contribution in [3.8, 4) is 0 Å². The lowest BCUT2D eigenvalue weighted by Gasteiger charge is -2.22. The van der Waals surface area contributed by atoms with Gasteiger partial charge in [-0.1, -0.05) is 18.2 Å². The molecular weight excluding hydrogens is 250 g/mol. The van der Waals surface area contributed by atoms with E-state index in [0.29, 0.717) is 18.7 Å². The van der Waals surface area contributed by atoms with E-state index in [1.54, 1.807) is 12.3 Å². The summed E-state index contributed by atoms with van der Waals surface area (Å²) in [6, 6.07) is 11.7. The monoisotopic (exact) mass is 267 g/mol. The van der Waals surface area contributed by atoms with Crippen LogP contribution >= 0.6 is 0 Å². The van der Waals surface area contributed by atoms with Crippen LogP contribution in [0.25, 0.3) is 0 Å². The number of carbonyl (C=O) groups is 1. The normalized spacial score (nSPS) is 14.8. The zero-order valence-corrected chi connectivity index (χ0v) is 11.2. The molecule has 4 nitrogen and oxygen atoms in total. The van der Waals surface area contributed by atoms with E-state index in [0.717, 1.165) is 24.2 Å². The Labute approximate surface area is 118 Å². The molecule has 1 aliphatic heterocycles. The second kappa shape index (κ2) is 5.33.